The summed E-state index contributed by atoms with van der Waals surface area (Å²) in [5, 5.41) is 0. The maximum Gasteiger partial charge on any atom is 0.207 e. The summed E-state index contributed by atoms with van der Waals surface area (Å²) in [6, 6.07) is 13.2. The zero-order valence-corrected chi connectivity index (χ0v) is 10.6. The van der Waals surface area contributed by atoms with E-state index in [4.69, 9.17) is 20.5 Å². The van der Waals surface area contributed by atoms with E-state index in [1.54, 1.807) is 18.4 Å². The van der Waals surface area contributed by atoms with Crippen LogP contribution in [0, 0.1) is 0 Å². The Morgan fingerprint density at radius 2 is 1.55 bits per heavy atom. The number of hydrazine groups is 2. The Balaban J connectivity index is 1.91. The van der Waals surface area contributed by atoms with Crippen LogP contribution in [0.1, 0.15) is 0 Å². The molecule has 0 saturated carbocycles. The molecule has 0 bridgehead atoms. The molecule has 0 aliphatic carbocycles. The third-order valence-electron chi connectivity index (χ3n) is 3.00. The van der Waals surface area contributed by atoms with Gasteiger partial charge in [0.15, 0.2) is 5.76 Å². The minimum absolute atomic E-state index is 0.518. The summed E-state index contributed by atoms with van der Waals surface area (Å²) in [6.07, 6.45) is 1.59. The molecule has 20 heavy (non-hydrogen) atoms. The van der Waals surface area contributed by atoms with Gasteiger partial charge in [-0.15, -0.1) is 0 Å². The van der Waals surface area contributed by atoms with Crippen LogP contribution >= 0.6 is 0 Å². The van der Waals surface area contributed by atoms with Crippen LogP contribution in [0.4, 0.5) is 11.6 Å². The fourth-order valence-electron chi connectivity index (χ4n) is 2.00. The number of anilines is 2. The van der Waals surface area contributed by atoms with Gasteiger partial charge < -0.3 is 14.3 Å². The largest absolute Gasteiger partial charge is 0.462 e. The number of nitrogens with one attached hydrogen (secondary N) is 2. The average Bonchev–Trinajstić information content (AvgIpc) is 3.16. The Hall–Kier alpha value is -2.70. The molecule has 0 aliphatic rings. The minimum Gasteiger partial charge on any atom is -0.462 e. The highest BCUT2D eigenvalue weighted by Crippen LogP contribution is 2.31. The van der Waals surface area contributed by atoms with Gasteiger partial charge >= 0.3 is 0 Å². The second-order valence-electron chi connectivity index (χ2n) is 4.19. The first-order valence-corrected chi connectivity index (χ1v) is 6.03. The molecule has 3 aromatic rings. The fourth-order valence-corrected chi connectivity index (χ4v) is 2.00. The van der Waals surface area contributed by atoms with Gasteiger partial charge in [-0.1, -0.05) is 24.3 Å². The maximum atomic E-state index is 5.50. The number of hydrogen-bond acceptors (Lipinski definition) is 6. The third-order valence-corrected chi connectivity index (χ3v) is 3.00. The van der Waals surface area contributed by atoms with Gasteiger partial charge in [-0.3, -0.25) is 11.3 Å². The quantitative estimate of drug-likeness (QED) is 0.429. The summed E-state index contributed by atoms with van der Waals surface area (Å²) in [4.78, 5) is 0. The fraction of sp³-hybridized carbons (Fsp3) is 0. The van der Waals surface area contributed by atoms with Crippen molar-refractivity contribution in [3.8, 4) is 22.6 Å². The predicted molar refractivity (Wildman–Crippen MR) is 77.5 cm³/mol. The lowest BCUT2D eigenvalue weighted by atomic mass is 10.1. The highest BCUT2D eigenvalue weighted by molar-refractivity contribution is 5.74. The smallest absolute Gasteiger partial charge is 0.207 e. The Kier molecular flexibility index (Phi) is 3.16. The third kappa shape index (κ3) is 2.13. The van der Waals surface area contributed by atoms with Crippen molar-refractivity contribution >= 4 is 11.6 Å². The molecule has 0 unspecified atom stereocenters. The van der Waals surface area contributed by atoms with Crippen molar-refractivity contribution in [2.75, 3.05) is 10.9 Å². The van der Waals surface area contributed by atoms with Gasteiger partial charge in [0.2, 0.25) is 5.88 Å². The van der Waals surface area contributed by atoms with E-state index in [1.807, 2.05) is 30.3 Å². The van der Waals surface area contributed by atoms with Crippen molar-refractivity contribution in [1.29, 1.82) is 0 Å². The summed E-state index contributed by atoms with van der Waals surface area (Å²) in [6.45, 7) is 0. The summed E-state index contributed by atoms with van der Waals surface area (Å²) < 4.78 is 10.9. The number of furan rings is 2. The molecule has 6 N–H and O–H groups in total. The van der Waals surface area contributed by atoms with Crippen LogP contribution in [0.3, 0.4) is 0 Å². The van der Waals surface area contributed by atoms with E-state index < -0.39 is 0 Å². The second-order valence-corrected chi connectivity index (χ2v) is 4.19. The number of nitrogens with two attached hydrogens (primary N) is 2. The molecule has 0 radical (unpaired) electrons. The molecule has 1 aromatic carbocycles. The van der Waals surface area contributed by atoms with Crippen LogP contribution in [-0.4, -0.2) is 0 Å². The van der Waals surface area contributed by atoms with Gasteiger partial charge in [-0.25, -0.2) is 5.84 Å². The summed E-state index contributed by atoms with van der Waals surface area (Å²) in [7, 11) is 0. The van der Waals surface area contributed by atoms with E-state index in [-0.39, 0.29) is 0 Å². The Morgan fingerprint density at radius 3 is 2.20 bits per heavy atom. The normalized spacial score (nSPS) is 10.5. The topological polar surface area (TPSA) is 102 Å². The zero-order chi connectivity index (χ0) is 13.9. The average molecular weight is 270 g/mol. The van der Waals surface area contributed by atoms with Crippen LogP contribution in [0.5, 0.6) is 0 Å². The summed E-state index contributed by atoms with van der Waals surface area (Å²) in [5.41, 5.74) is 7.67. The first-order valence-electron chi connectivity index (χ1n) is 6.03. The van der Waals surface area contributed by atoms with Crippen molar-refractivity contribution in [3.63, 3.8) is 0 Å². The number of rotatable bonds is 4. The number of hydrogen-bond donors (Lipinski definition) is 4. The molecular formula is C14H14N4O2. The highest BCUT2D eigenvalue weighted by Gasteiger charge is 2.09. The zero-order valence-electron chi connectivity index (χ0n) is 10.6. The Morgan fingerprint density at radius 1 is 0.800 bits per heavy atom. The first-order chi connectivity index (χ1) is 9.81. The molecule has 2 aromatic heterocycles. The van der Waals surface area contributed by atoms with Crippen LogP contribution in [0.15, 0.2) is 57.6 Å². The highest BCUT2D eigenvalue weighted by atomic mass is 16.4. The molecule has 0 atom stereocenters. The molecule has 6 nitrogen and oxygen atoms in total. The van der Waals surface area contributed by atoms with Gasteiger partial charge in [0.1, 0.15) is 5.76 Å². The molecule has 2 heterocycles. The number of nitrogen functional groups attached to an aromatic ring is 2. The molecule has 3 rings (SSSR count). The number of benzene rings is 1. The van der Waals surface area contributed by atoms with Crippen LogP contribution < -0.4 is 22.5 Å². The molecule has 6 heteroatoms. The van der Waals surface area contributed by atoms with Crippen LogP contribution in [0.2, 0.25) is 0 Å². The summed E-state index contributed by atoms with van der Waals surface area (Å²) in [5.74, 6) is 12.7. The van der Waals surface area contributed by atoms with Crippen molar-refractivity contribution in [3.05, 3.63) is 48.7 Å². The Labute approximate surface area is 115 Å². The van der Waals surface area contributed by atoms with Crippen molar-refractivity contribution in [2.45, 2.75) is 0 Å². The lowest BCUT2D eigenvalue weighted by Gasteiger charge is -2.03. The predicted octanol–water partition coefficient (Wildman–Crippen LogP) is 2.78. The monoisotopic (exact) mass is 270 g/mol. The molecule has 102 valence electrons. The molecular weight excluding hydrogens is 256 g/mol. The van der Waals surface area contributed by atoms with Crippen LogP contribution in [0.25, 0.3) is 22.6 Å². The second kappa shape index (κ2) is 5.12. The van der Waals surface area contributed by atoms with Gasteiger partial charge in [0, 0.05) is 23.3 Å². The molecule has 0 spiro atoms. The molecule has 0 fully saturated rings. The SMILES string of the molecule is NNc1ccc(-c2ccc(-c3occc3NN)cc2)o1. The standard InChI is InChI=1S/C14H14N4O2/c15-17-11-7-8-19-14(11)10-3-1-9(2-4-10)12-5-6-13(18-16)20-12/h1-8,17-18H,15-16H2. The van der Waals surface area contributed by atoms with Gasteiger partial charge in [0.05, 0.1) is 12.0 Å². The first kappa shape index (κ1) is 12.3. The van der Waals surface area contributed by atoms with E-state index >= 15 is 0 Å². The minimum atomic E-state index is 0.518. The van der Waals surface area contributed by atoms with E-state index in [0.717, 1.165) is 22.6 Å². The lowest BCUT2D eigenvalue weighted by molar-refractivity contribution is 0.582. The van der Waals surface area contributed by atoms with Gasteiger partial charge in [0.25, 0.3) is 0 Å². The van der Waals surface area contributed by atoms with E-state index in [0.29, 0.717) is 11.6 Å². The van der Waals surface area contributed by atoms with E-state index in [1.165, 1.54) is 0 Å². The van der Waals surface area contributed by atoms with Crippen molar-refractivity contribution < 1.29 is 8.83 Å². The van der Waals surface area contributed by atoms with Crippen molar-refractivity contribution in [1.82, 2.24) is 0 Å². The van der Waals surface area contributed by atoms with Gasteiger partial charge in [-0.05, 0) is 6.07 Å². The van der Waals surface area contributed by atoms with Crippen LogP contribution in [-0.2, 0) is 0 Å². The van der Waals surface area contributed by atoms with E-state index in [9.17, 15) is 0 Å². The molecule has 0 aliphatic heterocycles. The van der Waals surface area contributed by atoms with Gasteiger partial charge in [-0.2, -0.15) is 0 Å². The molecule has 0 amide bonds. The maximum absolute atomic E-state index is 5.50. The van der Waals surface area contributed by atoms with Crippen molar-refractivity contribution in [2.24, 2.45) is 11.7 Å². The Bertz CT molecular complexity index is 700. The summed E-state index contributed by atoms with van der Waals surface area (Å²) >= 11 is 0. The van der Waals surface area contributed by atoms with E-state index in [2.05, 4.69) is 10.9 Å². The molecule has 0 saturated heterocycles. The lowest BCUT2D eigenvalue weighted by Crippen LogP contribution is -2.06.